The molecule has 0 aliphatic rings. The maximum absolute atomic E-state index is 5.77. The highest BCUT2D eigenvalue weighted by atomic mass is 35.5. The van der Waals surface area contributed by atoms with Crippen molar-refractivity contribution in [2.75, 3.05) is 0 Å². The Labute approximate surface area is 116 Å². The summed E-state index contributed by atoms with van der Waals surface area (Å²) >= 11 is 5.77. The Kier molecular flexibility index (Phi) is 3.29. The van der Waals surface area contributed by atoms with Crippen LogP contribution in [0.5, 0.6) is 0 Å². The van der Waals surface area contributed by atoms with E-state index < -0.39 is 0 Å². The smallest absolute Gasteiger partial charge is 0.129 e. The molecule has 4 heteroatoms. The molecule has 0 amide bonds. The molecule has 0 fully saturated rings. The molecule has 0 aliphatic heterocycles. The van der Waals surface area contributed by atoms with E-state index in [2.05, 4.69) is 22.2 Å². The summed E-state index contributed by atoms with van der Waals surface area (Å²) in [6.07, 6.45) is 5.68. The van der Waals surface area contributed by atoms with Crippen LogP contribution in [0.2, 0.25) is 5.15 Å². The first-order valence-corrected chi connectivity index (χ1v) is 6.37. The third-order valence-electron chi connectivity index (χ3n) is 2.87. The Morgan fingerprint density at radius 1 is 0.947 bits per heavy atom. The number of pyridine rings is 1. The highest BCUT2D eigenvalue weighted by Crippen LogP contribution is 2.18. The van der Waals surface area contributed by atoms with E-state index in [-0.39, 0.29) is 0 Å². The van der Waals surface area contributed by atoms with E-state index in [1.807, 2.05) is 41.3 Å². The fourth-order valence-electron chi connectivity index (χ4n) is 1.92. The highest BCUT2D eigenvalue weighted by Gasteiger charge is 2.02. The summed E-state index contributed by atoms with van der Waals surface area (Å²) in [4.78, 5) is 4.06. The summed E-state index contributed by atoms with van der Waals surface area (Å²) in [5.41, 5.74) is 3.36. The van der Waals surface area contributed by atoms with Gasteiger partial charge in [-0.15, -0.1) is 0 Å². The lowest BCUT2D eigenvalue weighted by molar-refractivity contribution is 0.685. The molecule has 0 N–H and O–H groups in total. The molecule has 0 bridgehead atoms. The third-order valence-corrected chi connectivity index (χ3v) is 3.10. The first kappa shape index (κ1) is 11.9. The molecule has 0 radical (unpaired) electrons. The van der Waals surface area contributed by atoms with Crippen molar-refractivity contribution in [2.24, 2.45) is 0 Å². The number of benzene rings is 1. The quantitative estimate of drug-likeness (QED) is 0.680. The molecule has 94 valence electrons. The van der Waals surface area contributed by atoms with Crippen molar-refractivity contribution in [2.45, 2.75) is 6.54 Å². The first-order valence-electron chi connectivity index (χ1n) is 5.99. The largest absolute Gasteiger partial charge is 0.268 e. The molecule has 0 spiro atoms. The summed E-state index contributed by atoms with van der Waals surface area (Å²) in [6, 6.07) is 14.0. The van der Waals surface area contributed by atoms with Crippen LogP contribution in [-0.4, -0.2) is 14.8 Å². The zero-order chi connectivity index (χ0) is 13.1. The van der Waals surface area contributed by atoms with Gasteiger partial charge in [0.2, 0.25) is 0 Å². The van der Waals surface area contributed by atoms with Crippen LogP contribution in [0.3, 0.4) is 0 Å². The number of hydrogen-bond donors (Lipinski definition) is 0. The molecule has 19 heavy (non-hydrogen) atoms. The Balaban J connectivity index is 1.80. The standard InChI is InChI=1S/C15H12ClN3/c16-15-7-6-12(8-17-15)10-19-11-14(9-18-19)13-4-2-1-3-5-13/h1-9,11H,10H2. The van der Waals surface area contributed by atoms with Gasteiger partial charge in [0.05, 0.1) is 12.7 Å². The fourth-order valence-corrected chi connectivity index (χ4v) is 2.03. The van der Waals surface area contributed by atoms with Crippen LogP contribution in [0.1, 0.15) is 5.56 Å². The van der Waals surface area contributed by atoms with Gasteiger partial charge in [0.15, 0.2) is 0 Å². The van der Waals surface area contributed by atoms with Crippen molar-refractivity contribution in [3.05, 3.63) is 71.8 Å². The summed E-state index contributed by atoms with van der Waals surface area (Å²) in [6.45, 7) is 0.691. The molecule has 0 saturated carbocycles. The van der Waals surface area contributed by atoms with Gasteiger partial charge >= 0.3 is 0 Å². The molecule has 3 rings (SSSR count). The molecule has 1 aromatic carbocycles. The lowest BCUT2D eigenvalue weighted by atomic mass is 10.1. The van der Waals surface area contributed by atoms with Crippen LogP contribution < -0.4 is 0 Å². The van der Waals surface area contributed by atoms with Crippen LogP contribution in [0.25, 0.3) is 11.1 Å². The second-order valence-corrected chi connectivity index (χ2v) is 4.67. The number of halogens is 1. The second-order valence-electron chi connectivity index (χ2n) is 4.28. The topological polar surface area (TPSA) is 30.7 Å². The molecular formula is C15H12ClN3. The number of aromatic nitrogens is 3. The average molecular weight is 270 g/mol. The Hall–Kier alpha value is -2.13. The van der Waals surface area contributed by atoms with Gasteiger partial charge in [-0.3, -0.25) is 4.68 Å². The van der Waals surface area contributed by atoms with Crippen LogP contribution in [0.4, 0.5) is 0 Å². The van der Waals surface area contributed by atoms with Crippen LogP contribution >= 0.6 is 11.6 Å². The van der Waals surface area contributed by atoms with Gasteiger partial charge in [0.1, 0.15) is 5.15 Å². The van der Waals surface area contributed by atoms with E-state index in [9.17, 15) is 0 Å². The normalized spacial score (nSPS) is 10.6. The van der Waals surface area contributed by atoms with E-state index >= 15 is 0 Å². The van der Waals surface area contributed by atoms with Gasteiger partial charge in [-0.1, -0.05) is 48.0 Å². The third kappa shape index (κ3) is 2.83. The van der Waals surface area contributed by atoms with Crippen molar-refractivity contribution in [1.82, 2.24) is 14.8 Å². The van der Waals surface area contributed by atoms with Gasteiger partial charge in [-0.05, 0) is 17.2 Å². The van der Waals surface area contributed by atoms with Gasteiger partial charge in [0, 0.05) is 18.0 Å². The molecule has 0 saturated heterocycles. The molecule has 0 atom stereocenters. The molecule has 0 unspecified atom stereocenters. The minimum atomic E-state index is 0.509. The van der Waals surface area contributed by atoms with E-state index in [0.717, 1.165) is 11.1 Å². The summed E-state index contributed by atoms with van der Waals surface area (Å²) in [5.74, 6) is 0. The van der Waals surface area contributed by atoms with Gasteiger partial charge in [-0.25, -0.2) is 4.98 Å². The molecule has 3 aromatic rings. The van der Waals surface area contributed by atoms with Gasteiger partial charge in [0.25, 0.3) is 0 Å². The Morgan fingerprint density at radius 3 is 2.53 bits per heavy atom. The monoisotopic (exact) mass is 269 g/mol. The minimum Gasteiger partial charge on any atom is -0.268 e. The summed E-state index contributed by atoms with van der Waals surface area (Å²) in [5, 5.41) is 4.87. The lowest BCUT2D eigenvalue weighted by Gasteiger charge is -2.01. The van der Waals surface area contributed by atoms with Crippen molar-refractivity contribution >= 4 is 11.6 Å². The second kappa shape index (κ2) is 5.24. The van der Waals surface area contributed by atoms with Crippen molar-refractivity contribution in [3.63, 3.8) is 0 Å². The van der Waals surface area contributed by atoms with Crippen LogP contribution in [0, 0.1) is 0 Å². The Bertz CT molecular complexity index is 659. The zero-order valence-corrected chi connectivity index (χ0v) is 11.0. The van der Waals surface area contributed by atoms with E-state index in [0.29, 0.717) is 11.7 Å². The molecule has 2 aromatic heterocycles. The molecular weight excluding hydrogens is 258 g/mol. The molecule has 3 nitrogen and oxygen atoms in total. The maximum atomic E-state index is 5.77. The van der Waals surface area contributed by atoms with Crippen molar-refractivity contribution in [1.29, 1.82) is 0 Å². The van der Waals surface area contributed by atoms with Gasteiger partial charge in [-0.2, -0.15) is 5.10 Å². The number of nitrogens with zero attached hydrogens (tertiary/aromatic N) is 3. The van der Waals surface area contributed by atoms with Crippen molar-refractivity contribution in [3.8, 4) is 11.1 Å². The molecule has 0 aliphatic carbocycles. The zero-order valence-electron chi connectivity index (χ0n) is 10.2. The van der Waals surface area contributed by atoms with Crippen LogP contribution in [0.15, 0.2) is 61.1 Å². The Morgan fingerprint density at radius 2 is 1.79 bits per heavy atom. The lowest BCUT2D eigenvalue weighted by Crippen LogP contribution is -1.99. The summed E-state index contributed by atoms with van der Waals surface area (Å²) < 4.78 is 1.90. The number of rotatable bonds is 3. The van der Waals surface area contributed by atoms with E-state index in [1.165, 1.54) is 5.56 Å². The maximum Gasteiger partial charge on any atom is 0.129 e. The number of hydrogen-bond acceptors (Lipinski definition) is 2. The molecule has 2 heterocycles. The predicted molar refractivity (Wildman–Crippen MR) is 76.0 cm³/mol. The average Bonchev–Trinajstić information content (AvgIpc) is 2.91. The highest BCUT2D eigenvalue weighted by molar-refractivity contribution is 6.29. The SMILES string of the molecule is Clc1ccc(Cn2cc(-c3ccccc3)cn2)cn1. The van der Waals surface area contributed by atoms with Crippen molar-refractivity contribution < 1.29 is 0 Å². The van der Waals surface area contributed by atoms with Gasteiger partial charge < -0.3 is 0 Å². The predicted octanol–water partition coefficient (Wildman–Crippen LogP) is 3.65. The van der Waals surface area contributed by atoms with Crippen LogP contribution in [-0.2, 0) is 6.54 Å². The van der Waals surface area contributed by atoms with E-state index in [4.69, 9.17) is 11.6 Å². The minimum absolute atomic E-state index is 0.509. The first-order chi connectivity index (χ1) is 9.31. The fraction of sp³-hybridized carbons (Fsp3) is 0.0667. The summed E-state index contributed by atoms with van der Waals surface area (Å²) in [7, 11) is 0. The van der Waals surface area contributed by atoms with E-state index in [1.54, 1.807) is 12.3 Å².